The van der Waals surface area contributed by atoms with E-state index in [9.17, 15) is 4.79 Å². The second-order valence-electron chi connectivity index (χ2n) is 5.14. The summed E-state index contributed by atoms with van der Waals surface area (Å²) in [6.07, 6.45) is 4.85. The number of carboxylic acid groups (broad SMARTS) is 1. The van der Waals surface area contributed by atoms with E-state index in [2.05, 4.69) is 5.32 Å². The van der Waals surface area contributed by atoms with Crippen LogP contribution in [-0.2, 0) is 4.74 Å². The summed E-state index contributed by atoms with van der Waals surface area (Å²) in [6.45, 7) is 1.93. The Hall–Kier alpha value is -1.55. The molecule has 0 amide bonds. The van der Waals surface area contributed by atoms with Gasteiger partial charge in [-0.2, -0.15) is 0 Å². The number of hydrogen-bond acceptors (Lipinski definition) is 3. The molecule has 1 aliphatic carbocycles. The first-order valence-electron chi connectivity index (χ1n) is 6.75. The van der Waals surface area contributed by atoms with Gasteiger partial charge in [-0.25, -0.2) is 4.79 Å². The highest BCUT2D eigenvalue weighted by molar-refractivity contribution is 5.88. The maximum absolute atomic E-state index is 10.9. The monoisotopic (exact) mass is 263 g/mol. The molecule has 2 rings (SSSR count). The largest absolute Gasteiger partial charge is 0.478 e. The van der Waals surface area contributed by atoms with Crippen molar-refractivity contribution in [3.8, 4) is 0 Å². The molecule has 1 aromatic rings. The van der Waals surface area contributed by atoms with Gasteiger partial charge in [0.2, 0.25) is 0 Å². The minimum Gasteiger partial charge on any atom is -0.478 e. The van der Waals surface area contributed by atoms with Crippen LogP contribution < -0.4 is 5.32 Å². The van der Waals surface area contributed by atoms with Gasteiger partial charge < -0.3 is 15.2 Å². The highest BCUT2D eigenvalue weighted by Crippen LogP contribution is 2.26. The molecule has 2 N–H and O–H groups in total. The molecule has 4 nitrogen and oxygen atoms in total. The third kappa shape index (κ3) is 3.26. The maximum atomic E-state index is 10.9. The standard InChI is InChI=1S/C15H21NO3/c1-10-9-11(15(17)18)7-8-12(10)16-13-5-3-4-6-14(13)19-2/h7-9,13-14,16H,3-6H2,1-2H3,(H,17,18). The molecule has 2 atom stereocenters. The first-order valence-corrected chi connectivity index (χ1v) is 6.75. The summed E-state index contributed by atoms with van der Waals surface area (Å²) >= 11 is 0. The zero-order valence-corrected chi connectivity index (χ0v) is 11.5. The van der Waals surface area contributed by atoms with Crippen molar-refractivity contribution in [2.24, 2.45) is 0 Å². The van der Waals surface area contributed by atoms with Gasteiger partial charge in [0, 0.05) is 12.8 Å². The highest BCUT2D eigenvalue weighted by atomic mass is 16.5. The van der Waals surface area contributed by atoms with Gasteiger partial charge >= 0.3 is 5.97 Å². The van der Waals surface area contributed by atoms with Crippen LogP contribution in [-0.4, -0.2) is 30.3 Å². The molecular formula is C15H21NO3. The topological polar surface area (TPSA) is 58.6 Å². The van der Waals surface area contributed by atoms with Crippen molar-refractivity contribution in [1.82, 2.24) is 0 Å². The maximum Gasteiger partial charge on any atom is 0.335 e. The van der Waals surface area contributed by atoms with Crippen molar-refractivity contribution < 1.29 is 14.6 Å². The van der Waals surface area contributed by atoms with Gasteiger partial charge in [0.1, 0.15) is 0 Å². The van der Waals surface area contributed by atoms with Gasteiger partial charge in [0.25, 0.3) is 0 Å². The number of nitrogens with one attached hydrogen (secondary N) is 1. The third-order valence-electron chi connectivity index (χ3n) is 3.82. The first kappa shape index (κ1) is 13.9. The Kier molecular flexibility index (Phi) is 4.43. The first-order chi connectivity index (χ1) is 9.11. The van der Waals surface area contributed by atoms with E-state index in [-0.39, 0.29) is 6.10 Å². The van der Waals surface area contributed by atoms with Gasteiger partial charge in [-0.15, -0.1) is 0 Å². The molecule has 1 fully saturated rings. The Bertz CT molecular complexity index is 459. The van der Waals surface area contributed by atoms with Crippen LogP contribution in [0.15, 0.2) is 18.2 Å². The van der Waals surface area contributed by atoms with Gasteiger partial charge in [0.15, 0.2) is 0 Å². The second-order valence-corrected chi connectivity index (χ2v) is 5.14. The molecular weight excluding hydrogens is 242 g/mol. The van der Waals surface area contributed by atoms with Crippen molar-refractivity contribution >= 4 is 11.7 Å². The smallest absolute Gasteiger partial charge is 0.335 e. The SMILES string of the molecule is COC1CCCCC1Nc1ccc(C(=O)O)cc1C. The Morgan fingerprint density at radius 2 is 2.11 bits per heavy atom. The number of hydrogen-bond donors (Lipinski definition) is 2. The lowest BCUT2D eigenvalue weighted by molar-refractivity contribution is 0.0606. The Morgan fingerprint density at radius 1 is 1.37 bits per heavy atom. The summed E-state index contributed by atoms with van der Waals surface area (Å²) in [5.41, 5.74) is 2.29. The van der Waals surface area contributed by atoms with Crippen molar-refractivity contribution in [1.29, 1.82) is 0 Å². The minimum atomic E-state index is -0.887. The Morgan fingerprint density at radius 3 is 2.74 bits per heavy atom. The lowest BCUT2D eigenvalue weighted by atomic mass is 9.92. The minimum absolute atomic E-state index is 0.243. The van der Waals surface area contributed by atoms with E-state index in [1.165, 1.54) is 12.8 Å². The number of benzene rings is 1. The van der Waals surface area contributed by atoms with E-state index in [1.54, 1.807) is 19.2 Å². The number of carbonyl (C=O) groups is 1. The lowest BCUT2D eigenvalue weighted by Gasteiger charge is -2.32. The molecule has 0 bridgehead atoms. The molecule has 0 aliphatic heterocycles. The number of rotatable bonds is 4. The average Bonchev–Trinajstić information content (AvgIpc) is 2.41. The van der Waals surface area contributed by atoms with E-state index < -0.39 is 5.97 Å². The number of aryl methyl sites for hydroxylation is 1. The van der Waals surface area contributed by atoms with Crippen molar-refractivity contribution in [2.75, 3.05) is 12.4 Å². The van der Waals surface area contributed by atoms with Crippen LogP contribution >= 0.6 is 0 Å². The molecule has 1 aromatic carbocycles. The van der Waals surface area contributed by atoms with E-state index in [0.717, 1.165) is 24.1 Å². The van der Waals surface area contributed by atoms with Gasteiger partial charge in [-0.05, 0) is 43.5 Å². The fourth-order valence-corrected chi connectivity index (χ4v) is 2.70. The molecule has 0 saturated heterocycles. The molecule has 19 heavy (non-hydrogen) atoms. The van der Waals surface area contributed by atoms with E-state index in [0.29, 0.717) is 11.6 Å². The Labute approximate surface area is 113 Å². The van der Waals surface area contributed by atoms with Crippen molar-refractivity contribution in [2.45, 2.75) is 44.8 Å². The summed E-state index contributed by atoms with van der Waals surface area (Å²) in [7, 11) is 1.76. The summed E-state index contributed by atoms with van der Waals surface area (Å²) in [6, 6.07) is 5.51. The molecule has 4 heteroatoms. The average molecular weight is 263 g/mol. The summed E-state index contributed by atoms with van der Waals surface area (Å²) < 4.78 is 5.52. The molecule has 2 unspecified atom stereocenters. The fraction of sp³-hybridized carbons (Fsp3) is 0.533. The predicted molar refractivity (Wildman–Crippen MR) is 74.8 cm³/mol. The zero-order valence-electron chi connectivity index (χ0n) is 11.5. The van der Waals surface area contributed by atoms with Gasteiger partial charge in [0.05, 0.1) is 17.7 Å². The number of ether oxygens (including phenoxy) is 1. The molecule has 0 radical (unpaired) electrons. The quantitative estimate of drug-likeness (QED) is 0.876. The third-order valence-corrected chi connectivity index (χ3v) is 3.82. The number of carboxylic acids is 1. The normalized spacial score (nSPS) is 23.1. The number of aromatic carboxylic acids is 1. The summed E-state index contributed by atoms with van der Waals surface area (Å²) in [5, 5.41) is 12.5. The van der Waals surface area contributed by atoms with Crippen molar-refractivity contribution in [3.05, 3.63) is 29.3 Å². The van der Waals surface area contributed by atoms with Crippen LogP contribution in [0.1, 0.15) is 41.6 Å². The fourth-order valence-electron chi connectivity index (χ4n) is 2.70. The van der Waals surface area contributed by atoms with Crippen LogP contribution in [0.5, 0.6) is 0 Å². The lowest BCUT2D eigenvalue weighted by Crippen LogP contribution is -2.37. The Balaban J connectivity index is 2.11. The van der Waals surface area contributed by atoms with Crippen LogP contribution in [0.2, 0.25) is 0 Å². The molecule has 0 aromatic heterocycles. The summed E-state index contributed by atoms with van der Waals surface area (Å²) in [4.78, 5) is 10.9. The van der Waals surface area contributed by atoms with Crippen LogP contribution in [0.3, 0.4) is 0 Å². The van der Waals surface area contributed by atoms with Crippen LogP contribution in [0, 0.1) is 6.92 Å². The van der Waals surface area contributed by atoms with Crippen molar-refractivity contribution in [3.63, 3.8) is 0 Å². The molecule has 0 heterocycles. The molecule has 104 valence electrons. The highest BCUT2D eigenvalue weighted by Gasteiger charge is 2.25. The molecule has 1 saturated carbocycles. The van der Waals surface area contributed by atoms with E-state index in [1.807, 2.05) is 13.0 Å². The number of methoxy groups -OCH3 is 1. The van der Waals surface area contributed by atoms with E-state index >= 15 is 0 Å². The van der Waals surface area contributed by atoms with Gasteiger partial charge in [-0.3, -0.25) is 0 Å². The summed E-state index contributed by atoms with van der Waals surface area (Å²) in [5.74, 6) is -0.887. The molecule has 0 spiro atoms. The predicted octanol–water partition coefficient (Wildman–Crippen LogP) is 3.06. The zero-order chi connectivity index (χ0) is 13.8. The van der Waals surface area contributed by atoms with Gasteiger partial charge in [-0.1, -0.05) is 12.8 Å². The number of anilines is 1. The van der Waals surface area contributed by atoms with E-state index in [4.69, 9.17) is 9.84 Å². The van der Waals surface area contributed by atoms with Crippen LogP contribution in [0.4, 0.5) is 5.69 Å². The van der Waals surface area contributed by atoms with Crippen LogP contribution in [0.25, 0.3) is 0 Å². The molecule has 1 aliphatic rings. The second kappa shape index (κ2) is 6.06.